The van der Waals surface area contributed by atoms with Crippen LogP contribution in [0, 0.1) is 6.92 Å². The number of rotatable bonds is 3. The van der Waals surface area contributed by atoms with Crippen LogP contribution in [0.1, 0.15) is 24.5 Å². The molecule has 18 heavy (non-hydrogen) atoms. The van der Waals surface area contributed by atoms with E-state index in [0.29, 0.717) is 18.3 Å². The van der Waals surface area contributed by atoms with Gasteiger partial charge in [-0.15, -0.1) is 0 Å². The molecular weight excluding hydrogens is 228 g/mol. The Bertz CT molecular complexity index is 683. The van der Waals surface area contributed by atoms with Gasteiger partial charge in [0.25, 0.3) is 0 Å². The van der Waals surface area contributed by atoms with E-state index in [1.165, 1.54) is 0 Å². The van der Waals surface area contributed by atoms with Crippen LogP contribution in [0.5, 0.6) is 0 Å². The fourth-order valence-corrected chi connectivity index (χ4v) is 2.11. The van der Waals surface area contributed by atoms with Crippen molar-refractivity contribution in [2.45, 2.75) is 26.8 Å². The first-order chi connectivity index (χ1) is 8.78. The van der Waals surface area contributed by atoms with E-state index in [0.717, 1.165) is 23.3 Å². The molecule has 0 N–H and O–H groups in total. The third-order valence-electron chi connectivity index (χ3n) is 2.91. The lowest BCUT2D eigenvalue weighted by Gasteiger charge is -2.04. The predicted octanol–water partition coefficient (Wildman–Crippen LogP) is 2.34. The number of para-hydroxylation sites is 2. The number of aromatic nitrogens is 4. The first-order valence-electron chi connectivity index (χ1n) is 6.01. The summed E-state index contributed by atoms with van der Waals surface area (Å²) in [5.41, 5.74) is 2.11. The van der Waals surface area contributed by atoms with Crippen LogP contribution in [0.4, 0.5) is 0 Å². The van der Waals surface area contributed by atoms with Crippen LogP contribution in [0.25, 0.3) is 11.0 Å². The predicted molar refractivity (Wildman–Crippen MR) is 67.2 cm³/mol. The molecule has 2 heterocycles. The fourth-order valence-electron chi connectivity index (χ4n) is 2.11. The maximum Gasteiger partial charge on any atom is 0.246 e. The monoisotopic (exact) mass is 242 g/mol. The fraction of sp³-hybridized carbons (Fsp3) is 0.308. The summed E-state index contributed by atoms with van der Waals surface area (Å²) >= 11 is 0. The molecule has 0 unspecified atom stereocenters. The van der Waals surface area contributed by atoms with E-state index >= 15 is 0 Å². The summed E-state index contributed by atoms with van der Waals surface area (Å²) in [6, 6.07) is 8.09. The van der Waals surface area contributed by atoms with E-state index < -0.39 is 0 Å². The molecule has 0 saturated carbocycles. The van der Waals surface area contributed by atoms with Crippen molar-refractivity contribution in [2.75, 3.05) is 0 Å². The Hall–Kier alpha value is -2.17. The van der Waals surface area contributed by atoms with Gasteiger partial charge in [0.15, 0.2) is 5.82 Å². The minimum absolute atomic E-state index is 0.574. The lowest BCUT2D eigenvalue weighted by molar-refractivity contribution is 0.367. The molecule has 0 atom stereocenters. The molecule has 0 aliphatic carbocycles. The van der Waals surface area contributed by atoms with E-state index in [1.807, 2.05) is 25.1 Å². The molecule has 0 amide bonds. The third kappa shape index (κ3) is 1.77. The highest BCUT2D eigenvalue weighted by atomic mass is 16.5. The second-order valence-corrected chi connectivity index (χ2v) is 4.19. The molecule has 3 rings (SSSR count). The minimum Gasteiger partial charge on any atom is -0.337 e. The third-order valence-corrected chi connectivity index (χ3v) is 2.91. The second kappa shape index (κ2) is 4.25. The molecule has 0 bridgehead atoms. The first-order valence-corrected chi connectivity index (χ1v) is 6.01. The topological polar surface area (TPSA) is 56.7 Å². The van der Waals surface area contributed by atoms with E-state index in [2.05, 4.69) is 32.7 Å². The summed E-state index contributed by atoms with van der Waals surface area (Å²) in [6.07, 6.45) is 0.877. The Balaban J connectivity index is 2.09. The van der Waals surface area contributed by atoms with Gasteiger partial charge in [-0.3, -0.25) is 0 Å². The van der Waals surface area contributed by atoms with Crippen LogP contribution in [-0.2, 0) is 13.0 Å². The van der Waals surface area contributed by atoms with Crippen LogP contribution in [0.15, 0.2) is 28.8 Å². The summed E-state index contributed by atoms with van der Waals surface area (Å²) < 4.78 is 7.30. The average Bonchev–Trinajstić information content (AvgIpc) is 2.94. The lowest BCUT2D eigenvalue weighted by atomic mass is 10.3. The zero-order valence-corrected chi connectivity index (χ0v) is 10.4. The number of nitrogens with zero attached hydrogens (tertiary/aromatic N) is 4. The van der Waals surface area contributed by atoms with Gasteiger partial charge >= 0.3 is 0 Å². The first kappa shape index (κ1) is 11.0. The van der Waals surface area contributed by atoms with Gasteiger partial charge < -0.3 is 9.09 Å². The molecule has 3 aromatic rings. The molecule has 0 saturated heterocycles. The largest absolute Gasteiger partial charge is 0.337 e. The van der Waals surface area contributed by atoms with Gasteiger partial charge in [0.2, 0.25) is 5.89 Å². The highest BCUT2D eigenvalue weighted by molar-refractivity contribution is 5.75. The molecule has 0 radical (unpaired) electrons. The maximum atomic E-state index is 5.18. The van der Waals surface area contributed by atoms with E-state index in [-0.39, 0.29) is 0 Å². The molecule has 0 aliphatic heterocycles. The second-order valence-electron chi connectivity index (χ2n) is 4.19. The van der Waals surface area contributed by atoms with Crippen molar-refractivity contribution in [2.24, 2.45) is 0 Å². The molecule has 92 valence electrons. The number of imidazole rings is 1. The lowest BCUT2D eigenvalue weighted by Crippen LogP contribution is -2.04. The Morgan fingerprint density at radius 1 is 1.22 bits per heavy atom. The summed E-state index contributed by atoms with van der Waals surface area (Å²) in [7, 11) is 0. The number of hydrogen-bond donors (Lipinski definition) is 0. The summed E-state index contributed by atoms with van der Waals surface area (Å²) in [6.45, 7) is 4.49. The van der Waals surface area contributed by atoms with Gasteiger partial charge in [0.05, 0.1) is 11.0 Å². The van der Waals surface area contributed by atoms with Gasteiger partial charge in [0.1, 0.15) is 12.4 Å². The van der Waals surface area contributed by atoms with E-state index in [9.17, 15) is 0 Å². The Kier molecular flexibility index (Phi) is 2.59. The van der Waals surface area contributed by atoms with Gasteiger partial charge in [-0.2, -0.15) is 4.98 Å². The molecule has 5 heteroatoms. The van der Waals surface area contributed by atoms with Crippen LogP contribution in [0.2, 0.25) is 0 Å². The van der Waals surface area contributed by atoms with E-state index in [4.69, 9.17) is 4.52 Å². The number of benzene rings is 1. The number of hydrogen-bond acceptors (Lipinski definition) is 4. The average molecular weight is 242 g/mol. The summed E-state index contributed by atoms with van der Waals surface area (Å²) in [5.74, 6) is 2.31. The highest BCUT2D eigenvalue weighted by Gasteiger charge is 2.12. The van der Waals surface area contributed by atoms with Gasteiger partial charge in [0, 0.05) is 6.42 Å². The normalized spacial score (nSPS) is 11.2. The van der Waals surface area contributed by atoms with Gasteiger partial charge in [-0.1, -0.05) is 24.2 Å². The Morgan fingerprint density at radius 3 is 2.78 bits per heavy atom. The quantitative estimate of drug-likeness (QED) is 0.707. The Morgan fingerprint density at radius 2 is 2.06 bits per heavy atom. The van der Waals surface area contributed by atoms with Crippen molar-refractivity contribution in [3.8, 4) is 0 Å². The molecule has 2 aromatic heterocycles. The standard InChI is InChI=1S/C13H14N4O/c1-3-12-15-10-6-4-5-7-11(10)17(12)8-13-14-9(2)16-18-13/h4-7H,3,8H2,1-2H3. The smallest absolute Gasteiger partial charge is 0.246 e. The van der Waals surface area contributed by atoms with Crippen LogP contribution in [0.3, 0.4) is 0 Å². The van der Waals surface area contributed by atoms with Gasteiger partial charge in [-0.25, -0.2) is 4.98 Å². The highest BCUT2D eigenvalue weighted by Crippen LogP contribution is 2.17. The molecule has 1 aromatic carbocycles. The zero-order valence-electron chi connectivity index (χ0n) is 10.4. The van der Waals surface area contributed by atoms with Crippen molar-refractivity contribution < 1.29 is 4.52 Å². The number of aryl methyl sites for hydroxylation is 2. The van der Waals surface area contributed by atoms with Crippen molar-refractivity contribution in [1.29, 1.82) is 0 Å². The van der Waals surface area contributed by atoms with Gasteiger partial charge in [-0.05, 0) is 19.1 Å². The minimum atomic E-state index is 0.574. The summed E-state index contributed by atoms with van der Waals surface area (Å²) in [4.78, 5) is 8.85. The SMILES string of the molecule is CCc1nc2ccccc2n1Cc1nc(C)no1. The van der Waals surface area contributed by atoms with Crippen LogP contribution >= 0.6 is 0 Å². The summed E-state index contributed by atoms with van der Waals surface area (Å²) in [5, 5.41) is 3.81. The Labute approximate surface area is 104 Å². The van der Waals surface area contributed by atoms with E-state index in [1.54, 1.807) is 0 Å². The molecule has 0 fully saturated rings. The molecular formula is C13H14N4O. The van der Waals surface area contributed by atoms with Crippen molar-refractivity contribution in [3.63, 3.8) is 0 Å². The molecule has 5 nitrogen and oxygen atoms in total. The van der Waals surface area contributed by atoms with Crippen molar-refractivity contribution in [1.82, 2.24) is 19.7 Å². The van der Waals surface area contributed by atoms with Crippen LogP contribution < -0.4 is 0 Å². The number of fused-ring (bicyclic) bond motifs is 1. The molecule has 0 spiro atoms. The van der Waals surface area contributed by atoms with Crippen molar-refractivity contribution in [3.05, 3.63) is 41.8 Å². The maximum absolute atomic E-state index is 5.18. The molecule has 0 aliphatic rings. The zero-order chi connectivity index (χ0) is 12.5. The van der Waals surface area contributed by atoms with Crippen LogP contribution in [-0.4, -0.2) is 19.7 Å². The van der Waals surface area contributed by atoms with Crippen molar-refractivity contribution >= 4 is 11.0 Å².